The van der Waals surface area contributed by atoms with Gasteiger partial charge in [0, 0.05) is 99.0 Å². The van der Waals surface area contributed by atoms with E-state index in [0.29, 0.717) is 90.8 Å². The maximum Gasteiger partial charge on any atom is 0.318 e. The average Bonchev–Trinajstić information content (AvgIpc) is 3.94. The molecule has 0 radical (unpaired) electrons. The smallest absolute Gasteiger partial charge is 0.318 e. The topological polar surface area (TPSA) is 113 Å². The molecule has 3 amide bonds. The molecule has 5 heterocycles. The minimum absolute atomic E-state index is 0.0246. The fourth-order valence-electron chi connectivity index (χ4n) is 9.40. The fourth-order valence-corrected chi connectivity index (χ4v) is 9.40. The number of alkyl halides is 2. The summed E-state index contributed by atoms with van der Waals surface area (Å²) in [7, 11) is 1.82. The van der Waals surface area contributed by atoms with Gasteiger partial charge in [0.2, 0.25) is 5.91 Å². The zero-order valence-corrected chi connectivity index (χ0v) is 37.8. The number of fused-ring (bicyclic) bond motifs is 2. The number of hydrogen-bond acceptors (Lipinski definition) is 7. The number of phenolic OH excluding ortho intramolecular Hbond substituents is 1. The molecule has 348 valence electrons. The van der Waals surface area contributed by atoms with Crippen LogP contribution in [0.4, 0.5) is 24.5 Å². The molecule has 3 aliphatic rings. The number of amides is 3. The lowest BCUT2D eigenvalue weighted by molar-refractivity contribution is -0.131. The Morgan fingerprint density at radius 1 is 0.866 bits per heavy atom. The molecule has 2 aromatic heterocycles. The van der Waals surface area contributed by atoms with E-state index in [2.05, 4.69) is 11.0 Å². The molecule has 0 bridgehead atoms. The lowest BCUT2D eigenvalue weighted by Crippen LogP contribution is -2.43. The normalized spacial score (nSPS) is 16.2. The lowest BCUT2D eigenvalue weighted by Gasteiger charge is -2.36. The monoisotopic (exact) mass is 914 g/mol. The van der Waals surface area contributed by atoms with Crippen molar-refractivity contribution in [1.82, 2.24) is 23.8 Å². The summed E-state index contributed by atoms with van der Waals surface area (Å²) in [6, 6.07) is 25.5. The second-order valence-electron chi connectivity index (χ2n) is 17.6. The highest BCUT2D eigenvalue weighted by Gasteiger charge is 2.33. The van der Waals surface area contributed by atoms with Crippen molar-refractivity contribution in [2.75, 3.05) is 50.9 Å². The van der Waals surface area contributed by atoms with Crippen LogP contribution in [0.15, 0.2) is 103 Å². The number of benzene rings is 4. The average molecular weight is 915 g/mol. The summed E-state index contributed by atoms with van der Waals surface area (Å²) in [5.41, 5.74) is 7.25. The number of halogens is 3. The van der Waals surface area contributed by atoms with Crippen molar-refractivity contribution in [3.8, 4) is 22.8 Å². The fraction of sp³-hybridized carbons (Fsp3) is 0.327. The second-order valence-corrected chi connectivity index (χ2v) is 17.6. The third-order valence-electron chi connectivity index (χ3n) is 13.4. The van der Waals surface area contributed by atoms with Gasteiger partial charge in [-0.1, -0.05) is 30.3 Å². The van der Waals surface area contributed by atoms with E-state index in [1.165, 1.54) is 59.3 Å². The van der Waals surface area contributed by atoms with Crippen molar-refractivity contribution in [3.63, 3.8) is 0 Å². The van der Waals surface area contributed by atoms with Gasteiger partial charge in [-0.3, -0.25) is 28.8 Å². The maximum atomic E-state index is 15.4. The van der Waals surface area contributed by atoms with E-state index in [4.69, 9.17) is 9.47 Å². The standard InChI is InChI=1S/C52H53F3N6O6/c1-33-24-35-6-4-5-7-38(35)31-60(33)50(64)46-26-39-30-58(49(63)27-37-8-13-43(28-47(37)53)67-23-20-57-18-21-66-22-19-57)16-14-36(39)25-45(46)48-29-44(34(2)56(48)3)51(65)61(40-9-11-42(62)12-10-40)41-15-17-59(32-41)52(54)55/h4-13,15,17,25-26,28-29,32-33,52,62H,14,16,18-24,27,30-31H2,1-3H3/t33-/m1/s1. The first-order valence-corrected chi connectivity index (χ1v) is 22.6. The Bertz CT molecular complexity index is 2820. The number of ether oxygens (including phenoxy) is 2. The summed E-state index contributed by atoms with van der Waals surface area (Å²) >= 11 is 0. The van der Waals surface area contributed by atoms with Crippen LogP contribution in [-0.4, -0.2) is 98.7 Å². The van der Waals surface area contributed by atoms with Gasteiger partial charge in [0.1, 0.15) is 23.9 Å². The molecule has 0 unspecified atom stereocenters. The van der Waals surface area contributed by atoms with E-state index in [9.17, 15) is 23.5 Å². The number of carbonyl (C=O) groups is 3. The third kappa shape index (κ3) is 9.43. The summed E-state index contributed by atoms with van der Waals surface area (Å²) in [4.78, 5) is 50.8. The lowest BCUT2D eigenvalue weighted by atomic mass is 9.89. The first-order valence-electron chi connectivity index (χ1n) is 22.6. The van der Waals surface area contributed by atoms with Gasteiger partial charge in [-0.15, -0.1) is 0 Å². The number of nitrogens with zero attached hydrogens (tertiary/aromatic N) is 6. The van der Waals surface area contributed by atoms with Crippen LogP contribution < -0.4 is 9.64 Å². The Kier molecular flexibility index (Phi) is 13.0. The predicted molar refractivity (Wildman–Crippen MR) is 247 cm³/mol. The highest BCUT2D eigenvalue weighted by atomic mass is 19.3. The maximum absolute atomic E-state index is 15.4. The number of hydrogen-bond donors (Lipinski definition) is 1. The van der Waals surface area contributed by atoms with Crippen LogP contribution in [0.2, 0.25) is 0 Å². The molecule has 0 aliphatic carbocycles. The predicted octanol–water partition coefficient (Wildman–Crippen LogP) is 8.45. The minimum atomic E-state index is -2.83. The molecule has 1 N–H and O–H groups in total. The van der Waals surface area contributed by atoms with Crippen LogP contribution in [0, 0.1) is 12.7 Å². The zero-order chi connectivity index (χ0) is 46.9. The summed E-state index contributed by atoms with van der Waals surface area (Å²) in [5, 5.41) is 10.1. The number of aromatic nitrogens is 2. The molecule has 1 atom stereocenters. The highest BCUT2D eigenvalue weighted by Crippen LogP contribution is 2.38. The number of aromatic hydroxyl groups is 1. The SMILES string of the molecule is Cc1c(C(=O)N(c2ccc(O)cc2)c2ccn(C(F)F)c2)cc(-c2cc3c(cc2C(=O)N2Cc4ccccc4C[C@H]2C)CN(C(=O)Cc2ccc(OCCN4CCOCC4)cc2F)CC3)n1C. The van der Waals surface area contributed by atoms with E-state index in [0.717, 1.165) is 29.8 Å². The summed E-state index contributed by atoms with van der Waals surface area (Å²) in [6.45, 7) is 6.12. The van der Waals surface area contributed by atoms with Crippen molar-refractivity contribution in [2.24, 2.45) is 7.05 Å². The molecule has 3 aliphatic heterocycles. The van der Waals surface area contributed by atoms with Crippen molar-refractivity contribution in [2.45, 2.75) is 58.8 Å². The molecule has 1 saturated heterocycles. The number of anilines is 2. The van der Waals surface area contributed by atoms with E-state index in [-0.39, 0.29) is 53.4 Å². The molecule has 0 spiro atoms. The molecule has 67 heavy (non-hydrogen) atoms. The number of morpholine rings is 1. The molecular weight excluding hydrogens is 862 g/mol. The molecule has 12 nitrogen and oxygen atoms in total. The summed E-state index contributed by atoms with van der Waals surface area (Å²) in [5.74, 6) is -1.09. The van der Waals surface area contributed by atoms with Crippen molar-refractivity contribution < 1.29 is 42.1 Å². The van der Waals surface area contributed by atoms with Gasteiger partial charge in [0.15, 0.2) is 0 Å². The van der Waals surface area contributed by atoms with Gasteiger partial charge >= 0.3 is 6.55 Å². The number of carbonyl (C=O) groups excluding carboxylic acids is 3. The Labute approximate surface area is 387 Å². The van der Waals surface area contributed by atoms with Gasteiger partial charge in [-0.2, -0.15) is 8.78 Å². The van der Waals surface area contributed by atoms with Crippen LogP contribution in [0.5, 0.6) is 11.5 Å². The summed E-state index contributed by atoms with van der Waals surface area (Å²) in [6.07, 6.45) is 3.39. The molecule has 15 heteroatoms. The molecule has 1 fully saturated rings. The molecule has 4 aromatic carbocycles. The van der Waals surface area contributed by atoms with Crippen molar-refractivity contribution in [3.05, 3.63) is 154 Å². The third-order valence-corrected chi connectivity index (χ3v) is 13.4. The highest BCUT2D eigenvalue weighted by molar-refractivity contribution is 6.12. The number of rotatable bonds is 12. The van der Waals surface area contributed by atoms with E-state index >= 15 is 9.18 Å². The van der Waals surface area contributed by atoms with E-state index < -0.39 is 18.3 Å². The van der Waals surface area contributed by atoms with E-state index in [1.807, 2.05) is 53.8 Å². The van der Waals surface area contributed by atoms with Crippen LogP contribution in [-0.2, 0) is 48.9 Å². The first kappa shape index (κ1) is 45.3. The minimum Gasteiger partial charge on any atom is -0.508 e. The van der Waals surface area contributed by atoms with Crippen LogP contribution in [0.3, 0.4) is 0 Å². The molecule has 6 aromatic rings. The van der Waals surface area contributed by atoms with Crippen molar-refractivity contribution >= 4 is 29.1 Å². The Hall–Kier alpha value is -6.84. The Morgan fingerprint density at radius 2 is 1.63 bits per heavy atom. The summed E-state index contributed by atoms with van der Waals surface area (Å²) < 4.78 is 56.8. The first-order chi connectivity index (χ1) is 32.3. The number of phenols is 1. The van der Waals surface area contributed by atoms with Crippen molar-refractivity contribution in [1.29, 1.82) is 0 Å². The molecular formula is C52H53F3N6O6. The largest absolute Gasteiger partial charge is 0.508 e. The molecule has 9 rings (SSSR count). The van der Waals surface area contributed by atoms with E-state index in [1.54, 1.807) is 30.0 Å². The zero-order valence-electron chi connectivity index (χ0n) is 37.8. The Balaban J connectivity index is 1.02. The van der Waals surface area contributed by atoms with Crippen LogP contribution >= 0.6 is 0 Å². The van der Waals surface area contributed by atoms with Crippen LogP contribution in [0.1, 0.15) is 67.7 Å². The van der Waals surface area contributed by atoms with Gasteiger partial charge in [-0.25, -0.2) is 4.39 Å². The quantitative estimate of drug-likeness (QED) is 0.131. The Morgan fingerprint density at radius 3 is 2.36 bits per heavy atom. The van der Waals surface area contributed by atoms with Gasteiger partial charge in [-0.05, 0) is 109 Å². The van der Waals surface area contributed by atoms with Crippen LogP contribution in [0.25, 0.3) is 11.3 Å². The van der Waals surface area contributed by atoms with Gasteiger partial charge in [0.25, 0.3) is 11.8 Å². The van der Waals surface area contributed by atoms with Gasteiger partial charge < -0.3 is 28.9 Å². The second kappa shape index (κ2) is 19.2. The van der Waals surface area contributed by atoms with Gasteiger partial charge in [0.05, 0.1) is 30.9 Å². The molecule has 0 saturated carbocycles.